The summed E-state index contributed by atoms with van der Waals surface area (Å²) in [4.78, 5) is 58.3. The molecule has 4 aromatic rings. The second-order valence-corrected chi connectivity index (χ2v) is 18.1. The standard InChI is InChI=1S/C45H51ClN8O5/c1-44(2)42(45(3,4)43(44)59-34-12-8-30(25-47)36(46)24-34)50-39(56)29-5-9-32(10-6-29)52-17-15-28(16-18-52)27-51-19-21-53(22-20-51)33-11-7-31-26-48-54(41(58)35(31)23-33)37-13-14-38(55)49-40(37)57/h5-12,23-24,26,28,37,42-43H,13-22,27H2,1-4H3,(H,50,56)(H,49,55,57)/t37-,42-,43-/m0/s1. The normalized spacial score (nSPS) is 23.3. The third-order valence-corrected chi connectivity index (χ3v) is 13.4. The average molecular weight is 819 g/mol. The van der Waals surface area contributed by atoms with Crippen LogP contribution in [0.1, 0.15) is 75.3 Å². The number of imide groups is 1. The maximum absolute atomic E-state index is 13.5. The van der Waals surface area contributed by atoms with Gasteiger partial charge in [-0.1, -0.05) is 45.4 Å². The molecular formula is C45H51ClN8O5. The number of amides is 3. The van der Waals surface area contributed by atoms with Crippen molar-refractivity contribution >= 4 is 51.5 Å². The summed E-state index contributed by atoms with van der Waals surface area (Å²) in [5, 5.41) is 20.7. The minimum absolute atomic E-state index is 0.104. The molecule has 1 aromatic heterocycles. The molecule has 14 heteroatoms. The van der Waals surface area contributed by atoms with Crippen LogP contribution in [0.15, 0.2) is 71.7 Å². The fraction of sp³-hybridized carbons (Fsp3) is 0.467. The Kier molecular flexibility index (Phi) is 10.9. The van der Waals surface area contributed by atoms with E-state index in [9.17, 15) is 24.4 Å². The number of hydrogen-bond acceptors (Lipinski definition) is 10. The zero-order chi connectivity index (χ0) is 41.6. The van der Waals surface area contributed by atoms with Crippen LogP contribution in [0.3, 0.4) is 0 Å². The lowest BCUT2D eigenvalue weighted by Crippen LogP contribution is -2.74. The number of rotatable bonds is 9. The van der Waals surface area contributed by atoms with Crippen LogP contribution in [0.25, 0.3) is 10.8 Å². The molecule has 13 nitrogen and oxygen atoms in total. The third kappa shape index (κ3) is 7.88. The Bertz CT molecular complexity index is 2360. The van der Waals surface area contributed by atoms with Crippen molar-refractivity contribution < 1.29 is 19.1 Å². The highest BCUT2D eigenvalue weighted by atomic mass is 35.5. The lowest BCUT2D eigenvalue weighted by molar-refractivity contribution is -0.164. The Balaban J connectivity index is 0.802. The second-order valence-electron chi connectivity index (χ2n) is 17.7. The van der Waals surface area contributed by atoms with Gasteiger partial charge in [-0.05, 0) is 73.7 Å². The minimum Gasteiger partial charge on any atom is -0.489 e. The van der Waals surface area contributed by atoms with Crippen molar-refractivity contribution in [3.8, 4) is 11.8 Å². The van der Waals surface area contributed by atoms with Crippen molar-refractivity contribution in [2.75, 3.05) is 55.6 Å². The lowest BCUT2D eigenvalue weighted by atomic mass is 9.49. The number of piperidine rings is 2. The molecule has 2 N–H and O–H groups in total. The zero-order valence-electron chi connectivity index (χ0n) is 34.0. The molecule has 1 aliphatic carbocycles. The van der Waals surface area contributed by atoms with Crippen molar-refractivity contribution in [2.24, 2.45) is 16.7 Å². The van der Waals surface area contributed by atoms with Gasteiger partial charge in [0.2, 0.25) is 5.91 Å². The summed E-state index contributed by atoms with van der Waals surface area (Å²) < 4.78 is 7.60. The van der Waals surface area contributed by atoms with Crippen molar-refractivity contribution in [3.63, 3.8) is 0 Å². The number of benzene rings is 3. The van der Waals surface area contributed by atoms with E-state index in [-0.39, 0.29) is 53.2 Å². The molecule has 3 aromatic carbocycles. The molecule has 3 saturated heterocycles. The number of nitriles is 1. The van der Waals surface area contributed by atoms with Crippen LogP contribution in [0.2, 0.25) is 5.02 Å². The van der Waals surface area contributed by atoms with Crippen LogP contribution in [-0.2, 0) is 9.59 Å². The number of carbonyl (C=O) groups excluding carboxylic acids is 3. The first-order valence-corrected chi connectivity index (χ1v) is 21.0. The molecule has 4 heterocycles. The van der Waals surface area contributed by atoms with E-state index in [0.717, 1.165) is 75.4 Å². The number of fused-ring (bicyclic) bond motifs is 1. The monoisotopic (exact) mass is 818 g/mol. The molecule has 0 radical (unpaired) electrons. The van der Waals surface area contributed by atoms with Gasteiger partial charge < -0.3 is 19.9 Å². The van der Waals surface area contributed by atoms with Gasteiger partial charge in [0, 0.05) is 97.5 Å². The number of carbonyl (C=O) groups is 3. The summed E-state index contributed by atoms with van der Waals surface area (Å²) in [6, 6.07) is 20.1. The van der Waals surface area contributed by atoms with Gasteiger partial charge in [-0.2, -0.15) is 10.4 Å². The number of aromatic nitrogens is 2. The number of ether oxygens (including phenoxy) is 1. The minimum atomic E-state index is -0.790. The number of piperazine rings is 1. The Hall–Kier alpha value is -5.45. The van der Waals surface area contributed by atoms with Crippen LogP contribution in [-0.4, -0.2) is 90.4 Å². The molecule has 0 spiro atoms. The van der Waals surface area contributed by atoms with Gasteiger partial charge in [0.05, 0.1) is 22.2 Å². The molecule has 59 heavy (non-hydrogen) atoms. The highest BCUT2D eigenvalue weighted by Gasteiger charge is 2.64. The number of anilines is 2. The maximum atomic E-state index is 13.5. The van der Waals surface area contributed by atoms with Crippen LogP contribution in [0.5, 0.6) is 5.75 Å². The Labute approximate surface area is 349 Å². The van der Waals surface area contributed by atoms with Crippen molar-refractivity contribution in [1.82, 2.24) is 25.3 Å². The molecule has 8 rings (SSSR count). The molecular weight excluding hydrogens is 768 g/mol. The van der Waals surface area contributed by atoms with E-state index in [0.29, 0.717) is 33.2 Å². The van der Waals surface area contributed by atoms with Crippen LogP contribution >= 0.6 is 11.6 Å². The van der Waals surface area contributed by atoms with E-state index < -0.39 is 11.9 Å². The first kappa shape index (κ1) is 40.3. The van der Waals surface area contributed by atoms with Gasteiger partial charge in [-0.15, -0.1) is 0 Å². The van der Waals surface area contributed by atoms with Crippen LogP contribution in [0.4, 0.5) is 11.4 Å². The molecule has 3 aliphatic heterocycles. The Morgan fingerprint density at radius 1 is 0.898 bits per heavy atom. The molecule has 0 unspecified atom stereocenters. The predicted octanol–water partition coefficient (Wildman–Crippen LogP) is 5.55. The summed E-state index contributed by atoms with van der Waals surface area (Å²) in [5.74, 6) is 0.293. The zero-order valence-corrected chi connectivity index (χ0v) is 34.8. The first-order valence-electron chi connectivity index (χ1n) is 20.6. The average Bonchev–Trinajstić information content (AvgIpc) is 3.23. The van der Waals surface area contributed by atoms with Crippen LogP contribution < -0.4 is 30.7 Å². The quantitative estimate of drug-likeness (QED) is 0.206. The fourth-order valence-electron chi connectivity index (χ4n) is 10.0. The van der Waals surface area contributed by atoms with Crippen molar-refractivity contribution in [1.29, 1.82) is 5.26 Å². The second kappa shape index (κ2) is 16.0. The smallest absolute Gasteiger partial charge is 0.275 e. The molecule has 4 fully saturated rings. The summed E-state index contributed by atoms with van der Waals surface area (Å²) >= 11 is 6.26. The molecule has 3 amide bonds. The van der Waals surface area contributed by atoms with E-state index in [2.05, 4.69) is 76.3 Å². The number of nitrogens with zero attached hydrogens (tertiary/aromatic N) is 6. The summed E-state index contributed by atoms with van der Waals surface area (Å²) in [6.07, 6.45) is 4.08. The number of nitrogens with one attached hydrogen (secondary N) is 2. The predicted molar refractivity (Wildman–Crippen MR) is 227 cm³/mol. The molecule has 0 bridgehead atoms. The van der Waals surface area contributed by atoms with E-state index in [1.165, 1.54) is 4.68 Å². The van der Waals surface area contributed by atoms with Gasteiger partial charge >= 0.3 is 0 Å². The van der Waals surface area contributed by atoms with E-state index in [1.807, 2.05) is 30.3 Å². The molecule has 1 atom stereocenters. The summed E-state index contributed by atoms with van der Waals surface area (Å²) in [6.45, 7) is 15.0. The van der Waals surface area contributed by atoms with Gasteiger partial charge in [0.1, 0.15) is 24.0 Å². The van der Waals surface area contributed by atoms with E-state index in [1.54, 1.807) is 24.4 Å². The van der Waals surface area contributed by atoms with Crippen LogP contribution in [0, 0.1) is 28.1 Å². The van der Waals surface area contributed by atoms with Crippen molar-refractivity contribution in [3.05, 3.63) is 93.4 Å². The number of halogens is 1. The van der Waals surface area contributed by atoms with Gasteiger partial charge in [0.15, 0.2) is 0 Å². The topological polar surface area (TPSA) is 153 Å². The van der Waals surface area contributed by atoms with Gasteiger partial charge in [0.25, 0.3) is 17.4 Å². The van der Waals surface area contributed by atoms with Gasteiger partial charge in [-0.3, -0.25) is 29.4 Å². The van der Waals surface area contributed by atoms with E-state index in [4.69, 9.17) is 16.3 Å². The number of hydrogen-bond donors (Lipinski definition) is 2. The van der Waals surface area contributed by atoms with E-state index >= 15 is 0 Å². The SMILES string of the molecule is CC1(C)[C@H](NC(=O)c2ccc(N3CCC(CN4CCN(c5ccc6cnn([C@H]7CCC(=O)NC7=O)c(=O)c6c5)CC4)CC3)cc2)C(C)(C)[C@H]1Oc1ccc(C#N)c(Cl)c1. The molecule has 4 aliphatic rings. The largest absolute Gasteiger partial charge is 0.489 e. The highest BCUT2D eigenvalue weighted by Crippen LogP contribution is 2.55. The Morgan fingerprint density at radius 3 is 2.24 bits per heavy atom. The Morgan fingerprint density at radius 2 is 1.58 bits per heavy atom. The maximum Gasteiger partial charge on any atom is 0.275 e. The molecule has 308 valence electrons. The summed E-state index contributed by atoms with van der Waals surface area (Å²) in [7, 11) is 0. The summed E-state index contributed by atoms with van der Waals surface area (Å²) in [5.41, 5.74) is 2.13. The lowest BCUT2D eigenvalue weighted by Gasteiger charge is -2.63. The van der Waals surface area contributed by atoms with Crippen molar-refractivity contribution in [2.45, 2.75) is 71.6 Å². The highest BCUT2D eigenvalue weighted by molar-refractivity contribution is 6.31. The fourth-order valence-corrected chi connectivity index (χ4v) is 10.3. The first-order chi connectivity index (χ1) is 28.2. The third-order valence-electron chi connectivity index (χ3n) is 13.1. The molecule has 1 saturated carbocycles. The van der Waals surface area contributed by atoms with Gasteiger partial charge in [-0.25, -0.2) is 4.68 Å².